The van der Waals surface area contributed by atoms with Gasteiger partial charge < -0.3 is 5.32 Å². The number of nitrogens with one attached hydrogen (secondary N) is 1. The van der Waals surface area contributed by atoms with Gasteiger partial charge in [-0.25, -0.2) is 8.42 Å². The number of nitrogens with zero attached hydrogens (tertiary/aromatic N) is 3. The van der Waals surface area contributed by atoms with Gasteiger partial charge in [0.25, 0.3) is 0 Å². The second kappa shape index (κ2) is 7.32. The third kappa shape index (κ3) is 3.64. The second-order valence-electron chi connectivity index (χ2n) is 7.37. The minimum Gasteiger partial charge on any atom is -0.310 e. The number of rotatable bonds is 4. The Bertz CT molecular complexity index is 686. The second-order valence-corrected chi connectivity index (χ2v) is 9.24. The molecule has 0 saturated carbocycles. The van der Waals surface area contributed by atoms with Crippen LogP contribution in [0.5, 0.6) is 0 Å². The average Bonchev–Trinajstić information content (AvgIpc) is 2.88. The van der Waals surface area contributed by atoms with Gasteiger partial charge in [0, 0.05) is 31.7 Å². The quantitative estimate of drug-likeness (QED) is 0.873. The Morgan fingerprint density at radius 1 is 1.21 bits per heavy atom. The fourth-order valence-electron chi connectivity index (χ4n) is 3.84. The first-order chi connectivity index (χ1) is 10.8. The Kier molecular flexibility index (Phi) is 6.00. The number of hydrogen-bond donors (Lipinski definition) is 1. The van der Waals surface area contributed by atoms with E-state index in [1.54, 1.807) is 11.2 Å². The molecule has 2 aliphatic heterocycles. The maximum atomic E-state index is 13.2. The molecule has 2 aliphatic rings. The number of halogens is 1. The Labute approximate surface area is 151 Å². The Balaban J connectivity index is 0.00000208. The van der Waals surface area contributed by atoms with Crippen LogP contribution >= 0.6 is 12.4 Å². The van der Waals surface area contributed by atoms with Crippen LogP contribution in [0.1, 0.15) is 44.5 Å². The summed E-state index contributed by atoms with van der Waals surface area (Å²) in [5.74, 6) is 0.432. The van der Waals surface area contributed by atoms with Crippen molar-refractivity contribution in [3.05, 3.63) is 11.4 Å². The van der Waals surface area contributed by atoms with E-state index < -0.39 is 10.0 Å². The molecule has 2 fully saturated rings. The first-order valence-electron chi connectivity index (χ1n) is 8.59. The van der Waals surface area contributed by atoms with Crippen LogP contribution in [0.2, 0.25) is 0 Å². The van der Waals surface area contributed by atoms with Crippen LogP contribution < -0.4 is 5.32 Å². The van der Waals surface area contributed by atoms with E-state index in [0.29, 0.717) is 41.7 Å². The lowest BCUT2D eigenvalue weighted by Gasteiger charge is -2.23. The van der Waals surface area contributed by atoms with Crippen LogP contribution in [0.15, 0.2) is 4.90 Å². The van der Waals surface area contributed by atoms with Crippen molar-refractivity contribution >= 4 is 22.4 Å². The fourth-order valence-corrected chi connectivity index (χ4v) is 5.71. The normalized spacial score (nSPS) is 24.9. The van der Waals surface area contributed by atoms with Gasteiger partial charge >= 0.3 is 0 Å². The lowest BCUT2D eigenvalue weighted by molar-refractivity contribution is 0.382. The summed E-state index contributed by atoms with van der Waals surface area (Å²) in [6.45, 7) is 9.83. The van der Waals surface area contributed by atoms with Crippen LogP contribution in [0.3, 0.4) is 0 Å². The van der Waals surface area contributed by atoms with Crippen molar-refractivity contribution in [3.8, 4) is 0 Å². The molecular weight excluding hydrogens is 348 g/mol. The van der Waals surface area contributed by atoms with Gasteiger partial charge in [-0.1, -0.05) is 13.8 Å². The van der Waals surface area contributed by atoms with Crippen molar-refractivity contribution in [1.29, 1.82) is 0 Å². The Morgan fingerprint density at radius 2 is 1.88 bits per heavy atom. The molecule has 1 aromatic heterocycles. The van der Waals surface area contributed by atoms with Crippen LogP contribution in [-0.2, 0) is 16.6 Å². The predicted octanol–water partition coefficient (Wildman–Crippen LogP) is 2.09. The van der Waals surface area contributed by atoms with Crippen molar-refractivity contribution in [3.63, 3.8) is 0 Å². The van der Waals surface area contributed by atoms with E-state index in [-0.39, 0.29) is 12.4 Å². The highest BCUT2D eigenvalue weighted by Crippen LogP contribution is 2.28. The fraction of sp³-hybridized carbons (Fsp3) is 0.812. The summed E-state index contributed by atoms with van der Waals surface area (Å²) in [7, 11) is -3.47. The summed E-state index contributed by atoms with van der Waals surface area (Å²) >= 11 is 0. The van der Waals surface area contributed by atoms with Crippen molar-refractivity contribution in [2.24, 2.45) is 5.92 Å². The third-order valence-electron chi connectivity index (χ3n) is 4.94. The molecule has 138 valence electrons. The molecule has 3 heterocycles. The van der Waals surface area contributed by atoms with E-state index in [0.717, 1.165) is 25.1 Å². The molecule has 2 bridgehead atoms. The highest BCUT2D eigenvalue weighted by molar-refractivity contribution is 7.89. The summed E-state index contributed by atoms with van der Waals surface area (Å²) in [6, 6.07) is 0.773. The molecule has 3 rings (SSSR count). The maximum Gasteiger partial charge on any atom is 0.246 e. The highest BCUT2D eigenvalue weighted by atomic mass is 35.5. The smallest absolute Gasteiger partial charge is 0.246 e. The first-order valence-corrected chi connectivity index (χ1v) is 10.0. The molecule has 2 atom stereocenters. The van der Waals surface area contributed by atoms with E-state index in [1.807, 2.05) is 11.6 Å². The van der Waals surface area contributed by atoms with Crippen molar-refractivity contribution < 1.29 is 8.42 Å². The molecule has 2 unspecified atom stereocenters. The minimum atomic E-state index is -3.47. The van der Waals surface area contributed by atoms with Gasteiger partial charge in [-0.2, -0.15) is 9.40 Å². The number of sulfonamides is 1. The molecule has 0 amide bonds. The molecule has 6 nitrogen and oxygen atoms in total. The van der Waals surface area contributed by atoms with E-state index in [9.17, 15) is 8.42 Å². The van der Waals surface area contributed by atoms with Gasteiger partial charge in [-0.15, -0.1) is 12.4 Å². The summed E-state index contributed by atoms with van der Waals surface area (Å²) in [5.41, 5.74) is 1.38. The SMILES string of the molecule is Cc1nn(CC(C)C)c(C)c1S(=O)(=O)N1CCC2CCC(C1)N2.Cl. The standard InChI is InChI=1S/C16H28N4O2S.ClH/c1-11(2)9-20-13(4)16(12(3)18-20)23(21,22)19-8-7-14-5-6-15(10-19)17-14;/h11,14-15,17H,5-10H2,1-4H3;1H. The van der Waals surface area contributed by atoms with Gasteiger partial charge in [-0.3, -0.25) is 4.68 Å². The van der Waals surface area contributed by atoms with E-state index in [4.69, 9.17) is 0 Å². The molecule has 8 heteroatoms. The van der Waals surface area contributed by atoms with E-state index in [2.05, 4.69) is 24.3 Å². The van der Waals surface area contributed by atoms with Crippen LogP contribution in [0.25, 0.3) is 0 Å². The highest BCUT2D eigenvalue weighted by Gasteiger charge is 2.37. The Morgan fingerprint density at radius 3 is 2.54 bits per heavy atom. The predicted molar refractivity (Wildman–Crippen MR) is 97.1 cm³/mol. The van der Waals surface area contributed by atoms with Crippen molar-refractivity contribution in [1.82, 2.24) is 19.4 Å². The van der Waals surface area contributed by atoms with Crippen LogP contribution in [0.4, 0.5) is 0 Å². The molecule has 0 spiro atoms. The number of fused-ring (bicyclic) bond motifs is 2. The summed E-state index contributed by atoms with van der Waals surface area (Å²) in [6.07, 6.45) is 3.14. The van der Waals surface area contributed by atoms with Crippen molar-refractivity contribution in [2.45, 2.75) is 70.5 Å². The van der Waals surface area contributed by atoms with Crippen LogP contribution in [-0.4, -0.2) is 47.7 Å². The molecule has 0 aromatic carbocycles. The summed E-state index contributed by atoms with van der Waals surface area (Å²) < 4.78 is 29.9. The molecule has 0 radical (unpaired) electrons. The van der Waals surface area contributed by atoms with E-state index in [1.165, 1.54) is 6.42 Å². The van der Waals surface area contributed by atoms with Gasteiger partial charge in [0.1, 0.15) is 4.90 Å². The lowest BCUT2D eigenvalue weighted by Crippen LogP contribution is -2.39. The zero-order chi connectivity index (χ0) is 16.8. The molecule has 24 heavy (non-hydrogen) atoms. The summed E-state index contributed by atoms with van der Waals surface area (Å²) in [5, 5.41) is 8.02. The van der Waals surface area contributed by atoms with Gasteiger partial charge in [0.2, 0.25) is 10.0 Å². The molecule has 1 N–H and O–H groups in total. The first kappa shape index (κ1) is 19.7. The average molecular weight is 377 g/mol. The molecule has 0 aliphatic carbocycles. The number of aromatic nitrogens is 2. The summed E-state index contributed by atoms with van der Waals surface area (Å²) in [4.78, 5) is 0.413. The van der Waals surface area contributed by atoms with Gasteiger partial charge in [0.15, 0.2) is 0 Å². The van der Waals surface area contributed by atoms with E-state index >= 15 is 0 Å². The zero-order valence-corrected chi connectivity index (χ0v) is 16.6. The molecular formula is C16H29ClN4O2S. The topological polar surface area (TPSA) is 67.2 Å². The Hall–Kier alpha value is -0.630. The zero-order valence-electron chi connectivity index (χ0n) is 14.9. The largest absolute Gasteiger partial charge is 0.310 e. The van der Waals surface area contributed by atoms with Crippen molar-refractivity contribution in [2.75, 3.05) is 13.1 Å². The number of aryl methyl sites for hydroxylation is 1. The third-order valence-corrected chi connectivity index (χ3v) is 7.06. The van der Waals surface area contributed by atoms with Gasteiger partial charge in [-0.05, 0) is 39.0 Å². The molecule has 1 aromatic rings. The number of hydrogen-bond acceptors (Lipinski definition) is 4. The minimum absolute atomic E-state index is 0. The van der Waals surface area contributed by atoms with Crippen LogP contribution in [0, 0.1) is 19.8 Å². The maximum absolute atomic E-state index is 13.2. The lowest BCUT2D eigenvalue weighted by atomic mass is 10.1. The monoisotopic (exact) mass is 376 g/mol. The molecule has 2 saturated heterocycles. The van der Waals surface area contributed by atoms with Gasteiger partial charge in [0.05, 0.1) is 11.4 Å².